The minimum absolute atomic E-state index is 0.0145. The van der Waals surface area contributed by atoms with Gasteiger partial charge in [-0.15, -0.1) is 0 Å². The van der Waals surface area contributed by atoms with Crippen molar-refractivity contribution in [2.24, 2.45) is 0 Å². The second-order valence-electron chi connectivity index (χ2n) is 8.03. The second-order valence-corrected chi connectivity index (χ2v) is 10.7. The normalized spacial score (nSPS) is 11.7. The Morgan fingerprint density at radius 3 is 1.91 bits per heavy atom. The number of aromatic nitrogens is 1. The summed E-state index contributed by atoms with van der Waals surface area (Å²) in [4.78, 5) is 11.5. The van der Waals surface area contributed by atoms with E-state index in [4.69, 9.17) is 23.2 Å². The Hall–Kier alpha value is -3.13. The van der Waals surface area contributed by atoms with E-state index in [1.54, 1.807) is 49.6 Å². The monoisotopic (exact) mass is 515 g/mol. The lowest BCUT2D eigenvalue weighted by Gasteiger charge is -2.36. The second kappa shape index (κ2) is 9.25. The maximum atomic E-state index is 12.7. The molecule has 4 rings (SSSR count). The molecule has 0 aliphatic heterocycles. The molecule has 0 spiro atoms. The summed E-state index contributed by atoms with van der Waals surface area (Å²) >= 11 is 12.2. The van der Waals surface area contributed by atoms with Crippen LogP contribution < -0.4 is 4.31 Å². The summed E-state index contributed by atoms with van der Waals surface area (Å²) in [6.45, 7) is 1.72. The number of carboxylic acids is 1. The van der Waals surface area contributed by atoms with Crippen molar-refractivity contribution in [1.29, 1.82) is 0 Å². The van der Waals surface area contributed by atoms with Crippen molar-refractivity contribution in [2.45, 2.75) is 13.0 Å². The highest BCUT2D eigenvalue weighted by atomic mass is 35.5. The number of halogens is 2. The number of hydrogen-bond acceptors (Lipinski definition) is 3. The first kappa shape index (κ1) is 24.0. The summed E-state index contributed by atoms with van der Waals surface area (Å²) in [5.41, 5.74) is 3.23. The fraction of sp³-hybridized carbons (Fsp3) is 0.120. The Balaban J connectivity index is 1.79. The summed E-state index contributed by atoms with van der Waals surface area (Å²) in [6.07, 6.45) is 4.53. The van der Waals surface area contributed by atoms with Crippen LogP contribution in [0.3, 0.4) is 0 Å². The van der Waals surface area contributed by atoms with Crippen molar-refractivity contribution in [3.8, 4) is 0 Å². The van der Waals surface area contributed by atoms with E-state index in [9.17, 15) is 18.3 Å². The largest absolute Gasteiger partial charge is 0.478 e. The highest BCUT2D eigenvalue weighted by Gasteiger charge is 2.23. The van der Waals surface area contributed by atoms with Gasteiger partial charge in [-0.1, -0.05) is 59.9 Å². The Morgan fingerprint density at radius 1 is 0.971 bits per heavy atom. The van der Waals surface area contributed by atoms with Crippen LogP contribution >= 0.6 is 23.2 Å². The SMILES string of the molecule is Cc1cc(C(=O)O)cc(N(c2cn(C(c3ccc(Cl)cc3)c3ccc(Cl)cc3)[cH-]2)S(C)(=O)=O)c1. The number of aryl methyl sites for hydroxylation is 1. The Bertz CT molecular complexity index is 1380. The van der Waals surface area contributed by atoms with Crippen molar-refractivity contribution < 1.29 is 18.3 Å². The van der Waals surface area contributed by atoms with E-state index in [-0.39, 0.29) is 17.3 Å². The van der Waals surface area contributed by atoms with Gasteiger partial charge in [-0.2, -0.15) is 0 Å². The third-order valence-electron chi connectivity index (χ3n) is 5.34. The Morgan fingerprint density at radius 2 is 1.47 bits per heavy atom. The van der Waals surface area contributed by atoms with E-state index in [1.807, 2.05) is 28.8 Å². The highest BCUT2D eigenvalue weighted by molar-refractivity contribution is 7.92. The van der Waals surface area contributed by atoms with Crippen LogP contribution in [-0.2, 0) is 10.0 Å². The van der Waals surface area contributed by atoms with Crippen molar-refractivity contribution in [3.63, 3.8) is 0 Å². The maximum absolute atomic E-state index is 12.7. The molecular weight excluding hydrogens is 495 g/mol. The number of anilines is 2. The molecule has 1 aromatic heterocycles. The lowest BCUT2D eigenvalue weighted by atomic mass is 9.98. The van der Waals surface area contributed by atoms with Gasteiger partial charge in [-0.25, -0.2) is 13.2 Å². The lowest BCUT2D eigenvalue weighted by Crippen LogP contribution is -2.28. The standard InChI is InChI=1S/C25H21Cl2N2O4S/c1-16-11-19(25(30)31)13-22(12-16)29(34(2,32)33)23-14-28(15-23)24(17-3-7-20(26)8-4-17)18-5-9-21(27)10-6-18/h3-15,24H,1-2H3,(H,30,31)/q-1. The molecule has 0 aliphatic rings. The van der Waals surface area contributed by atoms with Gasteiger partial charge in [0.15, 0.2) is 0 Å². The molecule has 1 heterocycles. The predicted molar refractivity (Wildman–Crippen MR) is 135 cm³/mol. The highest BCUT2D eigenvalue weighted by Crippen LogP contribution is 2.37. The van der Waals surface area contributed by atoms with E-state index >= 15 is 0 Å². The maximum Gasteiger partial charge on any atom is 0.335 e. The van der Waals surface area contributed by atoms with E-state index in [1.165, 1.54) is 12.1 Å². The fourth-order valence-corrected chi connectivity index (χ4v) is 5.13. The number of benzene rings is 3. The molecule has 0 aliphatic carbocycles. The third-order valence-corrected chi connectivity index (χ3v) is 6.93. The van der Waals surface area contributed by atoms with Crippen molar-refractivity contribution >= 4 is 50.6 Å². The molecule has 0 bridgehead atoms. The zero-order valence-electron chi connectivity index (χ0n) is 18.3. The summed E-state index contributed by atoms with van der Waals surface area (Å²) in [6, 6.07) is 19.1. The van der Waals surface area contributed by atoms with Gasteiger partial charge in [0.25, 0.3) is 0 Å². The average molecular weight is 516 g/mol. The molecule has 0 fully saturated rings. The molecule has 0 radical (unpaired) electrons. The molecule has 0 saturated carbocycles. The molecule has 6 nitrogen and oxygen atoms in total. The number of carbonyl (C=O) groups is 1. The molecule has 0 unspecified atom stereocenters. The number of rotatable bonds is 7. The van der Waals surface area contributed by atoms with Gasteiger partial charge in [0.05, 0.1) is 23.5 Å². The van der Waals surface area contributed by atoms with Crippen molar-refractivity contribution in [2.75, 3.05) is 10.6 Å². The quantitative estimate of drug-likeness (QED) is 0.294. The van der Waals surface area contributed by atoms with Crippen LogP contribution in [0.1, 0.15) is 33.1 Å². The van der Waals surface area contributed by atoms with Gasteiger partial charge in [0, 0.05) is 10.0 Å². The van der Waals surface area contributed by atoms with Gasteiger partial charge in [0.2, 0.25) is 10.0 Å². The van der Waals surface area contributed by atoms with Crippen LogP contribution in [0.4, 0.5) is 11.4 Å². The fourth-order valence-electron chi connectivity index (χ4n) is 3.91. The smallest absolute Gasteiger partial charge is 0.335 e. The van der Waals surface area contributed by atoms with Crippen LogP contribution in [0.25, 0.3) is 0 Å². The van der Waals surface area contributed by atoms with Gasteiger partial charge in [-0.3, -0.25) is 4.31 Å². The van der Waals surface area contributed by atoms with E-state index < -0.39 is 16.0 Å². The first-order valence-corrected chi connectivity index (χ1v) is 12.8. The molecule has 0 atom stereocenters. The Labute approximate surface area is 208 Å². The zero-order valence-corrected chi connectivity index (χ0v) is 20.6. The molecule has 3 aromatic carbocycles. The molecule has 4 aromatic rings. The molecule has 1 N–H and O–H groups in total. The molecule has 34 heavy (non-hydrogen) atoms. The summed E-state index contributed by atoms with van der Waals surface area (Å²) in [5, 5.41) is 10.6. The lowest BCUT2D eigenvalue weighted by molar-refractivity contribution is 0.0696. The predicted octanol–water partition coefficient (Wildman–Crippen LogP) is 6.26. The van der Waals surface area contributed by atoms with Crippen LogP contribution in [0.2, 0.25) is 10.0 Å². The number of hydrogen-bond donors (Lipinski definition) is 1. The molecular formula is C25H21Cl2N2O4S-. The number of sulfonamides is 1. The zero-order chi connectivity index (χ0) is 24.6. The minimum Gasteiger partial charge on any atom is -0.478 e. The number of nitrogens with zero attached hydrogens (tertiary/aromatic N) is 2. The number of aromatic carboxylic acids is 1. The van der Waals surface area contributed by atoms with Crippen LogP contribution in [0, 0.1) is 6.92 Å². The third kappa shape index (κ3) is 5.01. The average Bonchev–Trinajstić information content (AvgIpc) is 2.73. The first-order valence-electron chi connectivity index (χ1n) is 10.2. The van der Waals surface area contributed by atoms with Crippen molar-refractivity contribution in [1.82, 2.24) is 4.57 Å². The van der Waals surface area contributed by atoms with E-state index in [0.717, 1.165) is 21.7 Å². The minimum atomic E-state index is -3.75. The summed E-state index contributed by atoms with van der Waals surface area (Å²) in [5.74, 6) is -1.13. The van der Waals surface area contributed by atoms with Crippen LogP contribution in [0.15, 0.2) is 79.1 Å². The van der Waals surface area contributed by atoms with E-state index in [2.05, 4.69) is 0 Å². The van der Waals surface area contributed by atoms with E-state index in [0.29, 0.717) is 21.3 Å². The van der Waals surface area contributed by atoms with Crippen LogP contribution in [0.5, 0.6) is 0 Å². The number of carboxylic acid groups (broad SMARTS) is 1. The summed E-state index contributed by atoms with van der Waals surface area (Å²) < 4.78 is 28.5. The summed E-state index contributed by atoms with van der Waals surface area (Å²) in [7, 11) is -3.75. The van der Waals surface area contributed by atoms with Gasteiger partial charge >= 0.3 is 5.97 Å². The van der Waals surface area contributed by atoms with Gasteiger partial charge < -0.3 is 9.67 Å². The van der Waals surface area contributed by atoms with Gasteiger partial charge in [0.1, 0.15) is 0 Å². The molecule has 0 amide bonds. The van der Waals surface area contributed by atoms with Crippen molar-refractivity contribution in [3.05, 3.63) is 111 Å². The molecule has 0 saturated heterocycles. The van der Waals surface area contributed by atoms with Crippen LogP contribution in [-0.4, -0.2) is 30.3 Å². The topological polar surface area (TPSA) is 79.6 Å². The van der Waals surface area contributed by atoms with Gasteiger partial charge in [-0.05, 0) is 71.8 Å². The molecule has 9 heteroatoms. The molecule has 176 valence electrons. The Kier molecular flexibility index (Phi) is 6.53. The first-order chi connectivity index (χ1) is 16.0.